The van der Waals surface area contributed by atoms with Gasteiger partial charge in [-0.05, 0) is 52.7 Å². The fraction of sp³-hybridized carbons (Fsp3) is 0.417. The van der Waals surface area contributed by atoms with E-state index in [4.69, 9.17) is 9.47 Å². The fourth-order valence-corrected chi connectivity index (χ4v) is 3.92. The SMILES string of the molecule is COc1cc(Br)cc(-n2cc(C(C)C(=O)Nc3cc(C4CC4)n(C(=O)OC(C)(C)C)n3)cn2)c1. The second-order valence-electron chi connectivity index (χ2n) is 9.40. The Morgan fingerprint density at radius 3 is 2.59 bits per heavy atom. The third-order valence-corrected chi connectivity index (χ3v) is 5.86. The van der Waals surface area contributed by atoms with Gasteiger partial charge in [0.25, 0.3) is 0 Å². The van der Waals surface area contributed by atoms with Crippen molar-refractivity contribution < 1.29 is 19.1 Å². The Morgan fingerprint density at radius 1 is 1.21 bits per heavy atom. The first-order valence-corrected chi connectivity index (χ1v) is 11.9. The Labute approximate surface area is 206 Å². The van der Waals surface area contributed by atoms with Gasteiger partial charge in [0.1, 0.15) is 11.4 Å². The molecule has 1 aromatic carbocycles. The van der Waals surface area contributed by atoms with Crippen molar-refractivity contribution in [1.29, 1.82) is 0 Å². The van der Waals surface area contributed by atoms with E-state index in [1.54, 1.807) is 57.9 Å². The van der Waals surface area contributed by atoms with Crippen LogP contribution in [0.4, 0.5) is 10.6 Å². The molecule has 1 unspecified atom stereocenters. The van der Waals surface area contributed by atoms with Crippen molar-refractivity contribution in [3.63, 3.8) is 0 Å². The lowest BCUT2D eigenvalue weighted by Gasteiger charge is -2.19. The summed E-state index contributed by atoms with van der Waals surface area (Å²) >= 11 is 3.47. The monoisotopic (exact) mass is 529 g/mol. The highest BCUT2D eigenvalue weighted by Crippen LogP contribution is 2.41. The van der Waals surface area contributed by atoms with Gasteiger partial charge in [0.15, 0.2) is 5.82 Å². The standard InChI is InChI=1S/C24H28BrN5O4/c1-14(16-12-26-29(13-16)18-8-17(25)9-19(10-18)33-5)22(31)27-21-11-20(15-6-7-15)30(28-21)23(32)34-24(2,3)4/h8-15H,6-7H2,1-5H3,(H,27,28,31). The number of carbonyl (C=O) groups is 2. The third-order valence-electron chi connectivity index (χ3n) is 5.40. The molecule has 1 amide bonds. The van der Waals surface area contributed by atoms with Gasteiger partial charge in [0.2, 0.25) is 5.91 Å². The van der Waals surface area contributed by atoms with E-state index < -0.39 is 17.6 Å². The van der Waals surface area contributed by atoms with Crippen LogP contribution in [0.1, 0.15) is 63.6 Å². The van der Waals surface area contributed by atoms with E-state index in [0.29, 0.717) is 11.6 Å². The van der Waals surface area contributed by atoms with E-state index in [1.807, 2.05) is 18.2 Å². The molecule has 0 bridgehead atoms. The number of rotatable bonds is 6. The molecule has 2 aromatic heterocycles. The Morgan fingerprint density at radius 2 is 1.94 bits per heavy atom. The van der Waals surface area contributed by atoms with Crippen molar-refractivity contribution in [1.82, 2.24) is 19.6 Å². The predicted octanol–water partition coefficient (Wildman–Crippen LogP) is 5.24. The van der Waals surface area contributed by atoms with Crippen molar-refractivity contribution in [2.45, 2.75) is 58.0 Å². The molecule has 3 aromatic rings. The number of methoxy groups -OCH3 is 1. The molecular formula is C24H28BrN5O4. The molecule has 0 saturated heterocycles. The van der Waals surface area contributed by atoms with Gasteiger partial charge in [-0.15, -0.1) is 5.10 Å². The van der Waals surface area contributed by atoms with Crippen LogP contribution in [-0.4, -0.2) is 44.3 Å². The van der Waals surface area contributed by atoms with E-state index >= 15 is 0 Å². The average Bonchev–Trinajstić information content (AvgIpc) is 3.33. The second kappa shape index (κ2) is 9.25. The van der Waals surface area contributed by atoms with Crippen LogP contribution in [0.15, 0.2) is 41.1 Å². The number of hydrogen-bond donors (Lipinski definition) is 1. The number of nitrogens with one attached hydrogen (secondary N) is 1. The Hall–Kier alpha value is -3.14. The number of hydrogen-bond acceptors (Lipinski definition) is 6. The van der Waals surface area contributed by atoms with Crippen molar-refractivity contribution in [3.05, 3.63) is 52.4 Å². The smallest absolute Gasteiger partial charge is 0.435 e. The molecule has 1 atom stereocenters. The van der Waals surface area contributed by atoms with Crippen LogP contribution in [0, 0.1) is 0 Å². The molecule has 0 aliphatic heterocycles. The van der Waals surface area contributed by atoms with Gasteiger partial charge >= 0.3 is 6.09 Å². The highest BCUT2D eigenvalue weighted by atomic mass is 79.9. The lowest BCUT2D eigenvalue weighted by atomic mass is 10.0. The van der Waals surface area contributed by atoms with Crippen LogP contribution in [0.5, 0.6) is 5.75 Å². The van der Waals surface area contributed by atoms with Gasteiger partial charge in [-0.25, -0.2) is 9.48 Å². The van der Waals surface area contributed by atoms with Crippen LogP contribution < -0.4 is 10.1 Å². The number of benzene rings is 1. The normalized spacial score (nSPS) is 14.5. The zero-order chi connectivity index (χ0) is 24.6. The van der Waals surface area contributed by atoms with Crippen LogP contribution >= 0.6 is 15.9 Å². The van der Waals surface area contributed by atoms with Crippen LogP contribution in [-0.2, 0) is 9.53 Å². The maximum Gasteiger partial charge on any atom is 0.435 e. The van der Waals surface area contributed by atoms with Crippen molar-refractivity contribution >= 4 is 33.7 Å². The molecule has 180 valence electrons. The minimum absolute atomic E-state index is 0.248. The van der Waals surface area contributed by atoms with Gasteiger partial charge in [0, 0.05) is 34.3 Å². The summed E-state index contributed by atoms with van der Waals surface area (Å²) in [6, 6.07) is 7.38. The molecular weight excluding hydrogens is 502 g/mol. The summed E-state index contributed by atoms with van der Waals surface area (Å²) in [4.78, 5) is 25.6. The maximum atomic E-state index is 13.0. The van der Waals surface area contributed by atoms with Crippen molar-refractivity contribution in [2.75, 3.05) is 12.4 Å². The van der Waals surface area contributed by atoms with Gasteiger partial charge < -0.3 is 14.8 Å². The number of ether oxygens (including phenoxy) is 2. The van der Waals surface area contributed by atoms with Crippen LogP contribution in [0.25, 0.3) is 5.69 Å². The van der Waals surface area contributed by atoms with E-state index in [0.717, 1.165) is 34.3 Å². The number of halogens is 1. The zero-order valence-corrected chi connectivity index (χ0v) is 21.4. The molecule has 1 aliphatic carbocycles. The van der Waals surface area contributed by atoms with Gasteiger partial charge in [-0.2, -0.15) is 9.78 Å². The Balaban J connectivity index is 1.50. The molecule has 4 rings (SSSR count). The first-order chi connectivity index (χ1) is 16.0. The lowest BCUT2D eigenvalue weighted by Crippen LogP contribution is -2.28. The molecule has 0 radical (unpaired) electrons. The molecule has 1 N–H and O–H groups in total. The van der Waals surface area contributed by atoms with Crippen LogP contribution in [0.2, 0.25) is 0 Å². The molecule has 9 nitrogen and oxygen atoms in total. The summed E-state index contributed by atoms with van der Waals surface area (Å²) in [5.41, 5.74) is 1.66. The minimum Gasteiger partial charge on any atom is -0.497 e. The van der Waals surface area contributed by atoms with Gasteiger partial charge in [-0.3, -0.25) is 4.79 Å². The summed E-state index contributed by atoms with van der Waals surface area (Å²) in [6.45, 7) is 7.21. The topological polar surface area (TPSA) is 100 Å². The molecule has 1 saturated carbocycles. The van der Waals surface area contributed by atoms with E-state index in [2.05, 4.69) is 31.4 Å². The second-order valence-corrected chi connectivity index (χ2v) is 10.3. The highest BCUT2D eigenvalue weighted by molar-refractivity contribution is 9.10. The minimum atomic E-state index is -0.639. The lowest BCUT2D eigenvalue weighted by molar-refractivity contribution is -0.117. The number of carbonyl (C=O) groups excluding carboxylic acids is 2. The number of aromatic nitrogens is 4. The molecule has 34 heavy (non-hydrogen) atoms. The third kappa shape index (κ3) is 5.49. The summed E-state index contributed by atoms with van der Waals surface area (Å²) in [7, 11) is 1.60. The molecule has 2 heterocycles. The first-order valence-electron chi connectivity index (χ1n) is 11.1. The van der Waals surface area contributed by atoms with E-state index in [-0.39, 0.29) is 11.8 Å². The Kier molecular flexibility index (Phi) is 6.53. The molecule has 1 fully saturated rings. The van der Waals surface area contributed by atoms with E-state index in [1.165, 1.54) is 4.68 Å². The van der Waals surface area contributed by atoms with Crippen molar-refractivity contribution in [2.24, 2.45) is 0 Å². The average molecular weight is 530 g/mol. The van der Waals surface area contributed by atoms with Crippen molar-refractivity contribution in [3.8, 4) is 11.4 Å². The summed E-state index contributed by atoms with van der Waals surface area (Å²) in [5, 5.41) is 11.6. The zero-order valence-electron chi connectivity index (χ0n) is 19.8. The number of amides is 1. The van der Waals surface area contributed by atoms with Gasteiger partial charge in [-0.1, -0.05) is 15.9 Å². The van der Waals surface area contributed by atoms with Crippen LogP contribution in [0.3, 0.4) is 0 Å². The number of nitrogens with zero attached hydrogens (tertiary/aromatic N) is 4. The predicted molar refractivity (Wildman–Crippen MR) is 131 cm³/mol. The largest absolute Gasteiger partial charge is 0.497 e. The molecule has 1 aliphatic rings. The fourth-order valence-electron chi connectivity index (χ4n) is 3.46. The summed E-state index contributed by atoms with van der Waals surface area (Å²) < 4.78 is 14.6. The van der Waals surface area contributed by atoms with Gasteiger partial charge in [0.05, 0.1) is 30.6 Å². The van der Waals surface area contributed by atoms with E-state index in [9.17, 15) is 9.59 Å². The Bertz CT molecular complexity index is 1220. The maximum absolute atomic E-state index is 13.0. The number of anilines is 1. The summed E-state index contributed by atoms with van der Waals surface area (Å²) in [6.07, 6.45) is 4.89. The quantitative estimate of drug-likeness (QED) is 0.468. The first kappa shape index (κ1) is 24.0. The summed E-state index contributed by atoms with van der Waals surface area (Å²) in [5.74, 6) is 0.540. The molecule has 0 spiro atoms. The highest BCUT2D eigenvalue weighted by Gasteiger charge is 2.32. The molecule has 10 heteroatoms.